The lowest BCUT2D eigenvalue weighted by molar-refractivity contribution is -0.135. The molecule has 0 radical (unpaired) electrons. The van der Waals surface area contributed by atoms with Gasteiger partial charge in [0.2, 0.25) is 0 Å². The summed E-state index contributed by atoms with van der Waals surface area (Å²) in [5.74, 6) is -1.25. The Morgan fingerprint density at radius 1 is 1.86 bits per heavy atom. The normalized spacial score (nSPS) is 8.71. The summed E-state index contributed by atoms with van der Waals surface area (Å²) < 4.78 is 3.39. The van der Waals surface area contributed by atoms with Gasteiger partial charge in [-0.15, -0.1) is 0 Å². The predicted octanol–water partition coefficient (Wildman–Crippen LogP) is 0.209. The van der Waals surface area contributed by atoms with E-state index >= 15 is 0 Å². The van der Waals surface area contributed by atoms with Crippen molar-refractivity contribution in [3.63, 3.8) is 0 Å². The first kappa shape index (κ1) is 6.74. The molecule has 0 atom stereocenters. The maximum atomic E-state index is 9.55. The van der Waals surface area contributed by atoms with E-state index in [2.05, 4.69) is 4.33 Å². The first-order valence-corrected chi connectivity index (χ1v) is 2.33. The minimum Gasteiger partial charge on any atom is -0.481 e. The first-order valence-electron chi connectivity index (χ1n) is 1.42. The standard InChI is InChI=1S/C2H4O4S/c3-2(4)1-7-6-5/h5H,1H2,(H,3,4). The highest BCUT2D eigenvalue weighted by molar-refractivity contribution is 7.95. The van der Waals surface area contributed by atoms with E-state index < -0.39 is 5.97 Å². The van der Waals surface area contributed by atoms with Crippen LogP contribution in [0.3, 0.4) is 0 Å². The number of carboxylic acids is 1. The van der Waals surface area contributed by atoms with Crippen LogP contribution in [-0.2, 0) is 9.13 Å². The minimum absolute atomic E-state index is 0.240. The summed E-state index contributed by atoms with van der Waals surface area (Å²) in [6.07, 6.45) is 0. The van der Waals surface area contributed by atoms with Gasteiger partial charge in [0.1, 0.15) is 5.75 Å². The molecule has 0 saturated carbocycles. The van der Waals surface area contributed by atoms with Gasteiger partial charge in [-0.1, -0.05) is 0 Å². The molecular weight excluding hydrogens is 120 g/mol. The molecule has 5 heteroatoms. The van der Waals surface area contributed by atoms with E-state index in [-0.39, 0.29) is 5.75 Å². The van der Waals surface area contributed by atoms with Crippen molar-refractivity contribution < 1.29 is 19.5 Å². The fourth-order valence-corrected chi connectivity index (χ4v) is 0.230. The summed E-state index contributed by atoms with van der Waals surface area (Å²) in [7, 11) is 0. The highest BCUT2D eigenvalue weighted by atomic mass is 32.2. The van der Waals surface area contributed by atoms with Crippen molar-refractivity contribution in [3.05, 3.63) is 0 Å². The highest BCUT2D eigenvalue weighted by Crippen LogP contribution is 1.95. The van der Waals surface area contributed by atoms with Gasteiger partial charge in [0.15, 0.2) is 0 Å². The van der Waals surface area contributed by atoms with E-state index in [1.807, 2.05) is 0 Å². The highest BCUT2D eigenvalue weighted by Gasteiger charge is 1.93. The van der Waals surface area contributed by atoms with Crippen LogP contribution >= 0.6 is 12.0 Å². The van der Waals surface area contributed by atoms with Crippen LogP contribution in [-0.4, -0.2) is 22.1 Å². The molecule has 0 unspecified atom stereocenters. The first-order chi connectivity index (χ1) is 3.27. The number of carbonyl (C=O) groups is 1. The third-order valence-electron chi connectivity index (χ3n) is 0.235. The van der Waals surface area contributed by atoms with E-state index in [4.69, 9.17) is 10.4 Å². The lowest BCUT2D eigenvalue weighted by atomic mass is 10.8. The van der Waals surface area contributed by atoms with Crippen LogP contribution in [0.4, 0.5) is 0 Å². The number of rotatable bonds is 3. The van der Waals surface area contributed by atoms with E-state index in [9.17, 15) is 4.79 Å². The second-order valence-corrected chi connectivity index (χ2v) is 1.40. The molecule has 0 aromatic heterocycles. The Bertz CT molecular complexity index is 62.7. The molecule has 0 aliphatic carbocycles. The lowest BCUT2D eigenvalue weighted by Crippen LogP contribution is -1.97. The van der Waals surface area contributed by atoms with Gasteiger partial charge < -0.3 is 5.11 Å². The SMILES string of the molecule is O=C(O)CSOO. The molecule has 0 fully saturated rings. The van der Waals surface area contributed by atoms with Gasteiger partial charge in [0, 0.05) is 12.0 Å². The molecule has 0 aliphatic heterocycles. The quantitative estimate of drug-likeness (QED) is 0.320. The van der Waals surface area contributed by atoms with Gasteiger partial charge >= 0.3 is 5.97 Å². The number of hydrogen-bond acceptors (Lipinski definition) is 4. The summed E-state index contributed by atoms with van der Waals surface area (Å²) in [6.45, 7) is 0. The van der Waals surface area contributed by atoms with Gasteiger partial charge in [-0.2, -0.15) is 4.33 Å². The second-order valence-electron chi connectivity index (χ2n) is 0.730. The summed E-state index contributed by atoms with van der Waals surface area (Å²) in [6, 6.07) is 0. The average Bonchev–Trinajstić information content (AvgIpc) is 1.61. The molecule has 0 heterocycles. The predicted molar refractivity (Wildman–Crippen MR) is 23.8 cm³/mol. The Kier molecular flexibility index (Phi) is 3.77. The van der Waals surface area contributed by atoms with Gasteiger partial charge in [-0.25, -0.2) is 5.26 Å². The fourth-order valence-electron chi connectivity index (χ4n) is 0.0768. The van der Waals surface area contributed by atoms with Crippen molar-refractivity contribution in [3.8, 4) is 0 Å². The largest absolute Gasteiger partial charge is 0.481 e. The number of aliphatic carboxylic acids is 1. The molecule has 4 nitrogen and oxygen atoms in total. The van der Waals surface area contributed by atoms with Crippen LogP contribution in [0.5, 0.6) is 0 Å². The lowest BCUT2D eigenvalue weighted by Gasteiger charge is -1.84. The van der Waals surface area contributed by atoms with E-state index in [1.165, 1.54) is 0 Å². The summed E-state index contributed by atoms with van der Waals surface area (Å²) in [5.41, 5.74) is 0. The number of carboxylic acid groups (broad SMARTS) is 1. The van der Waals surface area contributed by atoms with Crippen molar-refractivity contribution in [2.45, 2.75) is 0 Å². The molecular formula is C2H4O4S. The van der Waals surface area contributed by atoms with Crippen molar-refractivity contribution in [2.75, 3.05) is 5.75 Å². The average molecular weight is 124 g/mol. The third-order valence-corrected chi connectivity index (χ3v) is 0.705. The van der Waals surface area contributed by atoms with Gasteiger partial charge in [0.05, 0.1) is 0 Å². The zero-order valence-corrected chi connectivity index (χ0v) is 4.14. The second kappa shape index (κ2) is 3.91. The Morgan fingerprint density at radius 2 is 2.43 bits per heavy atom. The van der Waals surface area contributed by atoms with Gasteiger partial charge in [-0.3, -0.25) is 4.79 Å². The summed E-state index contributed by atoms with van der Waals surface area (Å²) in [4.78, 5) is 9.55. The van der Waals surface area contributed by atoms with Crippen molar-refractivity contribution in [1.29, 1.82) is 0 Å². The Labute approximate surface area is 44.2 Å². The summed E-state index contributed by atoms with van der Waals surface area (Å²) >= 11 is 0.472. The molecule has 0 rings (SSSR count). The maximum absolute atomic E-state index is 9.55. The van der Waals surface area contributed by atoms with Gasteiger partial charge in [-0.05, 0) is 0 Å². The topological polar surface area (TPSA) is 66.8 Å². The van der Waals surface area contributed by atoms with Crippen LogP contribution in [0.25, 0.3) is 0 Å². The molecule has 0 aromatic carbocycles. The van der Waals surface area contributed by atoms with Crippen LogP contribution in [0.15, 0.2) is 0 Å². The molecule has 0 aromatic rings. The molecule has 0 bridgehead atoms. The zero-order chi connectivity index (χ0) is 5.70. The Hall–Kier alpha value is -0.260. The fraction of sp³-hybridized carbons (Fsp3) is 0.500. The smallest absolute Gasteiger partial charge is 0.315 e. The molecule has 0 amide bonds. The molecule has 2 N–H and O–H groups in total. The minimum atomic E-state index is -1.01. The van der Waals surface area contributed by atoms with Crippen LogP contribution in [0.1, 0.15) is 0 Å². The van der Waals surface area contributed by atoms with Crippen LogP contribution in [0.2, 0.25) is 0 Å². The molecule has 7 heavy (non-hydrogen) atoms. The monoisotopic (exact) mass is 124 g/mol. The number of hydrogen-bond donors (Lipinski definition) is 2. The molecule has 0 spiro atoms. The molecule has 0 saturated heterocycles. The van der Waals surface area contributed by atoms with E-state index in [1.54, 1.807) is 0 Å². The van der Waals surface area contributed by atoms with E-state index in [0.29, 0.717) is 12.0 Å². The van der Waals surface area contributed by atoms with Crippen LogP contribution < -0.4 is 0 Å². The van der Waals surface area contributed by atoms with Crippen molar-refractivity contribution in [1.82, 2.24) is 0 Å². The maximum Gasteiger partial charge on any atom is 0.315 e. The van der Waals surface area contributed by atoms with Crippen LogP contribution in [0, 0.1) is 0 Å². The Morgan fingerprint density at radius 3 is 2.57 bits per heavy atom. The van der Waals surface area contributed by atoms with E-state index in [0.717, 1.165) is 0 Å². The molecule has 0 aliphatic rings. The van der Waals surface area contributed by atoms with Gasteiger partial charge in [0.25, 0.3) is 0 Å². The Balaban J connectivity index is 2.82. The zero-order valence-electron chi connectivity index (χ0n) is 3.33. The van der Waals surface area contributed by atoms with Crippen molar-refractivity contribution in [2.24, 2.45) is 0 Å². The molecule has 42 valence electrons. The van der Waals surface area contributed by atoms with Crippen molar-refractivity contribution >= 4 is 18.0 Å². The summed E-state index contributed by atoms with van der Waals surface area (Å²) in [5, 5.41) is 15.3. The third kappa shape index (κ3) is 5.74.